The van der Waals surface area contributed by atoms with Gasteiger partial charge in [-0.25, -0.2) is 4.79 Å². The van der Waals surface area contributed by atoms with Crippen LogP contribution in [-0.4, -0.2) is 12.6 Å². The summed E-state index contributed by atoms with van der Waals surface area (Å²) in [5.74, 6) is 0.179. The third-order valence-corrected chi connectivity index (χ3v) is 3.59. The van der Waals surface area contributed by atoms with Gasteiger partial charge in [-0.2, -0.15) is 0 Å². The van der Waals surface area contributed by atoms with E-state index in [0.717, 1.165) is 12.0 Å². The number of fused-ring (bicyclic) bond motifs is 1. The molecule has 0 heterocycles. The minimum atomic E-state index is -0.162. The summed E-state index contributed by atoms with van der Waals surface area (Å²) in [7, 11) is 0. The normalized spacial score (nSPS) is 17.9. The Morgan fingerprint density at radius 1 is 1.39 bits per heavy atom. The van der Waals surface area contributed by atoms with Crippen molar-refractivity contribution in [1.82, 2.24) is 0 Å². The molecule has 0 spiro atoms. The lowest BCUT2D eigenvalue weighted by Gasteiger charge is -2.24. The predicted molar refractivity (Wildman–Crippen MR) is 72.6 cm³/mol. The zero-order valence-corrected chi connectivity index (χ0v) is 11.3. The first-order valence-corrected chi connectivity index (χ1v) is 6.63. The van der Waals surface area contributed by atoms with E-state index < -0.39 is 0 Å². The lowest BCUT2D eigenvalue weighted by molar-refractivity contribution is -0.138. The molecule has 1 aromatic rings. The van der Waals surface area contributed by atoms with Crippen molar-refractivity contribution < 1.29 is 9.53 Å². The molecule has 1 aromatic carbocycles. The van der Waals surface area contributed by atoms with E-state index in [9.17, 15) is 4.79 Å². The zero-order valence-electron chi connectivity index (χ0n) is 11.3. The van der Waals surface area contributed by atoms with Crippen LogP contribution in [0, 0.1) is 6.92 Å². The maximum atomic E-state index is 11.9. The molecule has 96 valence electrons. The Bertz CT molecular complexity index is 486. The van der Waals surface area contributed by atoms with Crippen LogP contribution in [0.1, 0.15) is 42.9 Å². The molecule has 2 nitrogen and oxygen atoms in total. The molecule has 0 N–H and O–H groups in total. The largest absolute Gasteiger partial charge is 0.463 e. The molecule has 1 atom stereocenters. The third kappa shape index (κ3) is 2.33. The number of ether oxygens (including phenoxy) is 1. The molecular weight excluding hydrogens is 224 g/mol. The quantitative estimate of drug-likeness (QED) is 0.760. The van der Waals surface area contributed by atoms with E-state index in [1.54, 1.807) is 0 Å². The van der Waals surface area contributed by atoms with Crippen LogP contribution in [0.4, 0.5) is 0 Å². The Labute approximate surface area is 109 Å². The van der Waals surface area contributed by atoms with Crippen LogP contribution in [0.2, 0.25) is 0 Å². The molecule has 0 saturated carbocycles. The smallest absolute Gasteiger partial charge is 0.334 e. The molecular formula is C16H20O2. The summed E-state index contributed by atoms with van der Waals surface area (Å²) in [6.45, 7) is 6.55. The van der Waals surface area contributed by atoms with Crippen molar-refractivity contribution in [3.63, 3.8) is 0 Å². The fourth-order valence-corrected chi connectivity index (χ4v) is 2.60. The van der Waals surface area contributed by atoms with E-state index in [1.165, 1.54) is 16.7 Å². The summed E-state index contributed by atoms with van der Waals surface area (Å²) < 4.78 is 5.12. The minimum absolute atomic E-state index is 0.162. The number of esters is 1. The molecule has 1 aliphatic carbocycles. The van der Waals surface area contributed by atoms with E-state index in [1.807, 2.05) is 6.92 Å². The van der Waals surface area contributed by atoms with E-state index in [-0.39, 0.29) is 5.97 Å². The van der Waals surface area contributed by atoms with Gasteiger partial charge >= 0.3 is 5.97 Å². The minimum Gasteiger partial charge on any atom is -0.463 e. The number of hydrogen-bond acceptors (Lipinski definition) is 2. The van der Waals surface area contributed by atoms with Gasteiger partial charge in [-0.05, 0) is 37.0 Å². The molecule has 0 radical (unpaired) electrons. The van der Waals surface area contributed by atoms with Gasteiger partial charge in [0.15, 0.2) is 0 Å². The van der Waals surface area contributed by atoms with Gasteiger partial charge in [0.05, 0.1) is 6.61 Å². The number of carbonyl (C=O) groups is 1. The van der Waals surface area contributed by atoms with Crippen LogP contribution in [0.3, 0.4) is 0 Å². The Balaban J connectivity index is 2.37. The van der Waals surface area contributed by atoms with Gasteiger partial charge in [-0.1, -0.05) is 31.2 Å². The van der Waals surface area contributed by atoms with Crippen molar-refractivity contribution >= 4 is 5.97 Å². The first kappa shape index (κ1) is 12.9. The highest BCUT2D eigenvalue weighted by Gasteiger charge is 2.24. The summed E-state index contributed by atoms with van der Waals surface area (Å²) >= 11 is 0. The number of allylic oxidation sites excluding steroid dienone is 1. The van der Waals surface area contributed by atoms with Crippen molar-refractivity contribution in [2.24, 2.45) is 0 Å². The zero-order chi connectivity index (χ0) is 13.1. The average Bonchev–Trinajstić information content (AvgIpc) is 2.38. The third-order valence-electron chi connectivity index (χ3n) is 3.59. The van der Waals surface area contributed by atoms with Gasteiger partial charge in [0, 0.05) is 17.9 Å². The van der Waals surface area contributed by atoms with Crippen LogP contribution < -0.4 is 0 Å². The van der Waals surface area contributed by atoms with Crippen LogP contribution in [0.5, 0.6) is 0 Å². The van der Waals surface area contributed by atoms with Crippen LogP contribution >= 0.6 is 0 Å². The highest BCUT2D eigenvalue weighted by molar-refractivity contribution is 5.90. The van der Waals surface area contributed by atoms with E-state index in [4.69, 9.17) is 4.74 Å². The number of benzene rings is 1. The van der Waals surface area contributed by atoms with Crippen LogP contribution in [0.15, 0.2) is 29.8 Å². The molecule has 2 heteroatoms. The van der Waals surface area contributed by atoms with E-state index >= 15 is 0 Å². The number of aryl methyl sites for hydroxylation is 1. The summed E-state index contributed by atoms with van der Waals surface area (Å²) in [4.78, 5) is 11.9. The maximum Gasteiger partial charge on any atom is 0.334 e. The van der Waals surface area contributed by atoms with Gasteiger partial charge in [0.2, 0.25) is 0 Å². The number of hydrogen-bond donors (Lipinski definition) is 0. The second-order valence-electron chi connectivity index (χ2n) is 4.75. The Kier molecular flexibility index (Phi) is 3.85. The highest BCUT2D eigenvalue weighted by Crippen LogP contribution is 2.34. The first-order chi connectivity index (χ1) is 8.67. The van der Waals surface area contributed by atoms with Gasteiger partial charge in [0.25, 0.3) is 0 Å². The summed E-state index contributed by atoms with van der Waals surface area (Å²) in [5, 5.41) is 0. The van der Waals surface area contributed by atoms with E-state index in [0.29, 0.717) is 18.9 Å². The average molecular weight is 244 g/mol. The molecule has 0 aliphatic heterocycles. The highest BCUT2D eigenvalue weighted by atomic mass is 16.5. The fourth-order valence-electron chi connectivity index (χ4n) is 2.60. The lowest BCUT2D eigenvalue weighted by Crippen LogP contribution is -2.17. The van der Waals surface area contributed by atoms with Gasteiger partial charge in [0.1, 0.15) is 0 Å². The van der Waals surface area contributed by atoms with Crippen LogP contribution in [-0.2, 0) is 16.0 Å². The first-order valence-electron chi connectivity index (χ1n) is 6.63. The Hall–Kier alpha value is -1.57. The van der Waals surface area contributed by atoms with E-state index in [2.05, 4.69) is 38.1 Å². The molecule has 18 heavy (non-hydrogen) atoms. The predicted octanol–water partition coefficient (Wildman–Crippen LogP) is 3.53. The van der Waals surface area contributed by atoms with Crippen molar-refractivity contribution in [3.8, 4) is 0 Å². The molecule has 0 aromatic heterocycles. The second kappa shape index (κ2) is 5.38. The molecule has 0 bridgehead atoms. The SMILES string of the molecule is CCOC(=O)C1=CC(CC)c2cccc(C)c2C1. The lowest BCUT2D eigenvalue weighted by atomic mass is 9.81. The van der Waals surface area contributed by atoms with Crippen molar-refractivity contribution in [2.75, 3.05) is 6.61 Å². The monoisotopic (exact) mass is 244 g/mol. The van der Waals surface area contributed by atoms with Gasteiger partial charge in [-0.15, -0.1) is 0 Å². The fraction of sp³-hybridized carbons (Fsp3) is 0.438. The molecule has 1 unspecified atom stereocenters. The second-order valence-corrected chi connectivity index (χ2v) is 4.75. The molecule has 0 saturated heterocycles. The van der Waals surface area contributed by atoms with Crippen LogP contribution in [0.25, 0.3) is 0 Å². The standard InChI is InChI=1S/C16H20O2/c1-4-12-9-13(16(17)18-5-2)10-15-11(3)7-6-8-14(12)15/h6-9,12H,4-5,10H2,1-3H3. The van der Waals surface area contributed by atoms with Crippen molar-refractivity contribution in [1.29, 1.82) is 0 Å². The summed E-state index contributed by atoms with van der Waals surface area (Å²) in [6.07, 6.45) is 3.80. The summed E-state index contributed by atoms with van der Waals surface area (Å²) in [6, 6.07) is 6.38. The Morgan fingerprint density at radius 3 is 2.83 bits per heavy atom. The van der Waals surface area contributed by atoms with Crippen molar-refractivity contribution in [2.45, 2.75) is 39.5 Å². The van der Waals surface area contributed by atoms with Gasteiger partial charge in [-0.3, -0.25) is 0 Å². The van der Waals surface area contributed by atoms with Gasteiger partial charge < -0.3 is 4.74 Å². The molecule has 0 amide bonds. The maximum absolute atomic E-state index is 11.9. The molecule has 2 rings (SSSR count). The molecule has 1 aliphatic rings. The number of carbonyl (C=O) groups excluding carboxylic acids is 1. The molecule has 0 fully saturated rings. The summed E-state index contributed by atoms with van der Waals surface area (Å²) in [5.41, 5.74) is 4.74. The Morgan fingerprint density at radius 2 is 2.17 bits per heavy atom. The van der Waals surface area contributed by atoms with Crippen molar-refractivity contribution in [3.05, 3.63) is 46.5 Å². The number of rotatable bonds is 3. The topological polar surface area (TPSA) is 26.3 Å².